The van der Waals surface area contributed by atoms with Crippen molar-refractivity contribution >= 4 is 75.0 Å². The summed E-state index contributed by atoms with van der Waals surface area (Å²) in [5.41, 5.74) is 13.5. The summed E-state index contributed by atoms with van der Waals surface area (Å²) in [6, 6.07) is 31.2. The van der Waals surface area contributed by atoms with Gasteiger partial charge in [-0.3, -0.25) is 0 Å². The second kappa shape index (κ2) is 14.4. The number of fused-ring (bicyclic) bond motifs is 8. The Labute approximate surface area is 336 Å². The zero-order valence-corrected chi connectivity index (χ0v) is 33.4. The number of anilines is 2. The predicted molar refractivity (Wildman–Crippen MR) is 245 cm³/mol. The third kappa shape index (κ3) is 5.81. The van der Waals surface area contributed by atoms with Crippen molar-refractivity contribution < 1.29 is 0 Å². The van der Waals surface area contributed by atoms with E-state index < -0.39 is 0 Å². The van der Waals surface area contributed by atoms with Crippen LogP contribution in [0.4, 0.5) is 11.4 Å². The molecule has 270 valence electrons. The second-order valence-corrected chi connectivity index (χ2v) is 16.3. The topological polar surface area (TPSA) is 29.0 Å². The van der Waals surface area contributed by atoms with Gasteiger partial charge in [-0.15, -0.1) is 23.3 Å². The van der Waals surface area contributed by atoms with Crippen molar-refractivity contribution in [2.24, 2.45) is 5.92 Å². The molecule has 3 aliphatic rings. The smallest absolute Gasteiger partial charge is 0.160 e. The molecule has 0 fully saturated rings. The van der Waals surface area contributed by atoms with Gasteiger partial charge in [0.2, 0.25) is 0 Å². The van der Waals surface area contributed by atoms with Gasteiger partial charge in [0.15, 0.2) is 5.82 Å². The molecule has 0 amide bonds. The fourth-order valence-corrected chi connectivity index (χ4v) is 10.2. The summed E-state index contributed by atoms with van der Waals surface area (Å²) in [4.78, 5) is 14.8. The van der Waals surface area contributed by atoms with Crippen LogP contribution in [0.25, 0.3) is 60.4 Å². The molecular weight excluding hydrogens is 696 g/mol. The lowest BCUT2D eigenvalue weighted by Crippen LogP contribution is -2.49. The lowest BCUT2D eigenvalue weighted by molar-refractivity contribution is 0.341. The van der Waals surface area contributed by atoms with E-state index in [0.717, 1.165) is 55.8 Å². The normalized spacial score (nSPS) is 18.4. The minimum Gasteiger partial charge on any atom is -0.331 e. The number of hydrogen-bond donors (Lipinski definition) is 0. The molecule has 4 aromatic carbocycles. The molecular formula is C50H43B2N3S. The molecule has 2 aromatic heterocycles. The van der Waals surface area contributed by atoms with Crippen molar-refractivity contribution in [3.63, 3.8) is 0 Å². The SMILES string of the molecule is C=C/C(=C\C=C/[B]C)c1cc(C(/C=C\C)=C/[B]C)cc(-c2nc(-c3ccc4c(c3)C(C)(C)C3C=CC=C5c6sc7ccccc7c6N4C53)nc3ccccc23)c1. The molecule has 1 aliphatic carbocycles. The van der Waals surface area contributed by atoms with E-state index in [1.807, 2.05) is 37.5 Å². The van der Waals surface area contributed by atoms with E-state index in [-0.39, 0.29) is 11.5 Å². The monoisotopic (exact) mass is 739 g/mol. The standard InChI is InChI=1S/C50H43B2N3S/c1-7-15-33(30-52-6)35-26-34(31(8-2)16-14-25-51-5)27-36(28-35)45-37-17-9-11-21-42(37)53-49(54-45)32-23-24-43-41(29-32)50(3,4)40-20-13-19-39-46(40)55(43)47-38-18-10-12-22-44(38)56-48(39)47/h7-30,40,46H,2H2,1,3-6H3/b15-7-,25-14-,31-16+,33-30+. The van der Waals surface area contributed by atoms with Gasteiger partial charge in [-0.2, -0.15) is 0 Å². The Kier molecular flexibility index (Phi) is 9.26. The van der Waals surface area contributed by atoms with E-state index >= 15 is 0 Å². The number of allylic oxidation sites excluding steroid dienone is 9. The minimum atomic E-state index is -0.126. The fourth-order valence-electron chi connectivity index (χ4n) is 8.96. The van der Waals surface area contributed by atoms with Crippen LogP contribution < -0.4 is 4.90 Å². The molecule has 56 heavy (non-hydrogen) atoms. The quantitative estimate of drug-likeness (QED) is 0.109. The molecule has 6 heteroatoms. The van der Waals surface area contributed by atoms with Gasteiger partial charge >= 0.3 is 0 Å². The highest BCUT2D eigenvalue weighted by Gasteiger charge is 2.52. The number of nitrogens with zero attached hydrogens (tertiary/aromatic N) is 3. The van der Waals surface area contributed by atoms with Gasteiger partial charge in [0.1, 0.15) is 14.6 Å². The van der Waals surface area contributed by atoms with Gasteiger partial charge in [0.05, 0.1) is 27.8 Å². The molecule has 0 bridgehead atoms. The molecule has 0 N–H and O–H groups in total. The molecule has 9 rings (SSSR count). The highest BCUT2D eigenvalue weighted by molar-refractivity contribution is 7.21. The predicted octanol–water partition coefficient (Wildman–Crippen LogP) is 13.1. The highest BCUT2D eigenvalue weighted by atomic mass is 32.1. The first-order chi connectivity index (χ1) is 27.4. The van der Waals surface area contributed by atoms with Crippen LogP contribution in [0.5, 0.6) is 0 Å². The summed E-state index contributed by atoms with van der Waals surface area (Å²) >= 11 is 1.93. The van der Waals surface area contributed by atoms with Crippen molar-refractivity contribution in [2.45, 2.75) is 45.9 Å². The van der Waals surface area contributed by atoms with Gasteiger partial charge in [-0.25, -0.2) is 9.97 Å². The first kappa shape index (κ1) is 36.0. The minimum absolute atomic E-state index is 0.126. The Morgan fingerprint density at radius 1 is 0.875 bits per heavy atom. The number of hydrogen-bond acceptors (Lipinski definition) is 4. The third-order valence-corrected chi connectivity index (χ3v) is 12.8. The largest absolute Gasteiger partial charge is 0.331 e. The molecule has 0 spiro atoms. The van der Waals surface area contributed by atoms with E-state index in [0.29, 0.717) is 5.92 Å². The van der Waals surface area contributed by atoms with Gasteiger partial charge in [0.25, 0.3) is 0 Å². The van der Waals surface area contributed by atoms with Gasteiger partial charge in [0, 0.05) is 43.6 Å². The van der Waals surface area contributed by atoms with Crippen LogP contribution in [-0.4, -0.2) is 30.6 Å². The molecule has 3 nitrogen and oxygen atoms in total. The summed E-state index contributed by atoms with van der Waals surface area (Å²) < 4.78 is 1.34. The van der Waals surface area contributed by atoms with Crippen LogP contribution in [0.2, 0.25) is 13.6 Å². The lowest BCUT2D eigenvalue weighted by atomic mass is 9.64. The average Bonchev–Trinajstić information content (AvgIpc) is 3.76. The van der Waals surface area contributed by atoms with E-state index in [1.165, 1.54) is 37.5 Å². The van der Waals surface area contributed by atoms with Gasteiger partial charge in [-0.05, 0) is 88.9 Å². The number of aromatic nitrogens is 2. The molecule has 2 atom stereocenters. The number of rotatable bonds is 9. The number of thiophene rings is 1. The van der Waals surface area contributed by atoms with Crippen molar-refractivity contribution in [1.82, 2.24) is 9.97 Å². The zero-order chi connectivity index (χ0) is 38.6. The second-order valence-electron chi connectivity index (χ2n) is 15.3. The fraction of sp³-hybridized carbons (Fsp3) is 0.160. The van der Waals surface area contributed by atoms with Crippen LogP contribution in [0, 0.1) is 5.92 Å². The van der Waals surface area contributed by atoms with Crippen LogP contribution >= 0.6 is 11.3 Å². The van der Waals surface area contributed by atoms with E-state index in [4.69, 9.17) is 9.97 Å². The van der Waals surface area contributed by atoms with Crippen molar-refractivity contribution in [2.75, 3.05) is 4.90 Å². The molecule has 2 radical (unpaired) electrons. The van der Waals surface area contributed by atoms with Gasteiger partial charge in [-0.1, -0.05) is 119 Å². The Morgan fingerprint density at radius 3 is 2.45 bits per heavy atom. The average molecular weight is 740 g/mol. The van der Waals surface area contributed by atoms with E-state index in [2.05, 4.69) is 180 Å². The Bertz CT molecular complexity index is 2760. The molecule has 0 saturated heterocycles. The van der Waals surface area contributed by atoms with Crippen molar-refractivity contribution in [1.29, 1.82) is 0 Å². The summed E-state index contributed by atoms with van der Waals surface area (Å²) in [6.07, 6.45) is 17.4. The maximum atomic E-state index is 5.47. The summed E-state index contributed by atoms with van der Waals surface area (Å²) in [5.74, 6) is 5.24. The Morgan fingerprint density at radius 2 is 1.66 bits per heavy atom. The Balaban J connectivity index is 1.24. The third-order valence-electron chi connectivity index (χ3n) is 11.6. The van der Waals surface area contributed by atoms with E-state index in [1.54, 1.807) is 0 Å². The Hall–Kier alpha value is -5.71. The molecule has 0 saturated carbocycles. The summed E-state index contributed by atoms with van der Waals surface area (Å²) in [6.45, 7) is 15.2. The van der Waals surface area contributed by atoms with Crippen LogP contribution in [0.15, 0.2) is 152 Å². The first-order valence-electron chi connectivity index (χ1n) is 19.5. The van der Waals surface area contributed by atoms with Crippen LogP contribution in [-0.2, 0) is 5.41 Å². The highest BCUT2D eigenvalue weighted by Crippen LogP contribution is 2.62. The summed E-state index contributed by atoms with van der Waals surface area (Å²) in [5, 5.41) is 2.35. The maximum absolute atomic E-state index is 5.47. The first-order valence-corrected chi connectivity index (χ1v) is 20.4. The van der Waals surface area contributed by atoms with E-state index in [9.17, 15) is 0 Å². The molecule has 4 heterocycles. The number of para-hydroxylation sites is 1. The number of benzene rings is 4. The van der Waals surface area contributed by atoms with Crippen molar-refractivity contribution in [3.05, 3.63) is 174 Å². The molecule has 6 aromatic rings. The molecule has 2 aliphatic heterocycles. The zero-order valence-electron chi connectivity index (χ0n) is 32.6. The lowest BCUT2D eigenvalue weighted by Gasteiger charge is -2.49. The maximum Gasteiger partial charge on any atom is 0.160 e. The molecule has 2 unspecified atom stereocenters. The van der Waals surface area contributed by atoms with Crippen LogP contribution in [0.3, 0.4) is 0 Å². The van der Waals surface area contributed by atoms with Gasteiger partial charge < -0.3 is 4.90 Å². The van der Waals surface area contributed by atoms with Crippen molar-refractivity contribution in [3.8, 4) is 22.6 Å². The van der Waals surface area contributed by atoms with Crippen LogP contribution in [0.1, 0.15) is 42.3 Å². The summed E-state index contributed by atoms with van der Waals surface area (Å²) in [7, 11) is 4.12.